The van der Waals surface area contributed by atoms with Gasteiger partial charge in [0.2, 0.25) is 5.91 Å². The number of para-hydroxylation sites is 1. The van der Waals surface area contributed by atoms with Crippen molar-refractivity contribution in [3.8, 4) is 0 Å². The third-order valence-corrected chi connectivity index (χ3v) is 5.17. The summed E-state index contributed by atoms with van der Waals surface area (Å²) in [5.41, 5.74) is 2.83. The smallest absolute Gasteiger partial charge is 0.262 e. The van der Waals surface area contributed by atoms with E-state index in [1.807, 2.05) is 25.1 Å². The zero-order valence-electron chi connectivity index (χ0n) is 15.2. The molecule has 0 unspecified atom stereocenters. The number of amides is 3. The van der Waals surface area contributed by atoms with Crippen molar-refractivity contribution in [2.24, 2.45) is 0 Å². The highest BCUT2D eigenvalue weighted by Crippen LogP contribution is 2.24. The van der Waals surface area contributed by atoms with Gasteiger partial charge in [-0.25, -0.2) is 0 Å². The Balaban J connectivity index is 1.39. The van der Waals surface area contributed by atoms with Crippen LogP contribution in [0.25, 0.3) is 0 Å². The molecule has 0 aromatic heterocycles. The van der Waals surface area contributed by atoms with Crippen molar-refractivity contribution >= 4 is 23.4 Å². The van der Waals surface area contributed by atoms with Crippen LogP contribution in [0.5, 0.6) is 0 Å². The summed E-state index contributed by atoms with van der Waals surface area (Å²) in [7, 11) is 0. The number of hydrogen-bond acceptors (Lipinski definition) is 4. The highest BCUT2D eigenvalue weighted by Gasteiger charge is 2.37. The number of anilines is 1. The molecular weight excluding hydrogens is 342 g/mol. The van der Waals surface area contributed by atoms with Crippen molar-refractivity contribution < 1.29 is 14.4 Å². The lowest BCUT2D eigenvalue weighted by Gasteiger charge is -2.36. The molecule has 2 aromatic rings. The van der Waals surface area contributed by atoms with Gasteiger partial charge in [0.15, 0.2) is 0 Å². The molecule has 0 bridgehead atoms. The summed E-state index contributed by atoms with van der Waals surface area (Å²) in [5, 5.41) is 0. The van der Waals surface area contributed by atoms with Crippen molar-refractivity contribution in [3.63, 3.8) is 0 Å². The monoisotopic (exact) mass is 363 g/mol. The summed E-state index contributed by atoms with van der Waals surface area (Å²) < 4.78 is 0. The highest BCUT2D eigenvalue weighted by atomic mass is 16.2. The van der Waals surface area contributed by atoms with E-state index in [4.69, 9.17) is 0 Å². The average Bonchev–Trinajstić information content (AvgIpc) is 2.93. The molecule has 0 saturated carbocycles. The van der Waals surface area contributed by atoms with Gasteiger partial charge in [0.25, 0.3) is 11.8 Å². The van der Waals surface area contributed by atoms with Crippen LogP contribution in [0.15, 0.2) is 48.5 Å². The fourth-order valence-electron chi connectivity index (χ4n) is 3.64. The molecular formula is C21H21N3O3. The lowest BCUT2D eigenvalue weighted by atomic mass is 10.1. The van der Waals surface area contributed by atoms with Gasteiger partial charge in [0.1, 0.15) is 6.54 Å². The minimum absolute atomic E-state index is 0.186. The fraction of sp³-hybridized carbons (Fsp3) is 0.286. The average molecular weight is 363 g/mol. The van der Waals surface area contributed by atoms with E-state index in [-0.39, 0.29) is 24.3 Å². The predicted octanol–water partition coefficient (Wildman–Crippen LogP) is 1.94. The van der Waals surface area contributed by atoms with E-state index in [0.29, 0.717) is 24.2 Å². The molecule has 2 aliphatic rings. The molecule has 2 aromatic carbocycles. The first-order valence-electron chi connectivity index (χ1n) is 9.09. The maximum atomic E-state index is 12.7. The summed E-state index contributed by atoms with van der Waals surface area (Å²) >= 11 is 0. The van der Waals surface area contributed by atoms with Gasteiger partial charge >= 0.3 is 0 Å². The number of imide groups is 1. The number of carbonyl (C=O) groups excluding carboxylic acids is 3. The van der Waals surface area contributed by atoms with Crippen LogP contribution in [0.3, 0.4) is 0 Å². The van der Waals surface area contributed by atoms with E-state index in [2.05, 4.69) is 17.0 Å². The Morgan fingerprint density at radius 3 is 2.26 bits per heavy atom. The fourth-order valence-corrected chi connectivity index (χ4v) is 3.64. The second-order valence-corrected chi connectivity index (χ2v) is 6.95. The van der Waals surface area contributed by atoms with E-state index in [0.717, 1.165) is 29.2 Å². The molecule has 138 valence electrons. The number of nitrogens with zero attached hydrogens (tertiary/aromatic N) is 3. The maximum absolute atomic E-state index is 12.7. The first-order valence-corrected chi connectivity index (χ1v) is 9.09. The minimum atomic E-state index is -0.383. The van der Waals surface area contributed by atoms with Crippen LogP contribution in [0.1, 0.15) is 26.3 Å². The largest absolute Gasteiger partial charge is 0.368 e. The molecule has 0 N–H and O–H groups in total. The third-order valence-electron chi connectivity index (χ3n) is 5.17. The number of rotatable bonds is 3. The molecule has 0 atom stereocenters. The molecule has 2 aliphatic heterocycles. The first kappa shape index (κ1) is 17.3. The van der Waals surface area contributed by atoms with Crippen molar-refractivity contribution in [2.45, 2.75) is 6.92 Å². The van der Waals surface area contributed by atoms with Gasteiger partial charge in [-0.2, -0.15) is 0 Å². The molecule has 1 saturated heterocycles. The molecule has 6 heteroatoms. The topological polar surface area (TPSA) is 60.9 Å². The van der Waals surface area contributed by atoms with Gasteiger partial charge in [-0.1, -0.05) is 29.8 Å². The SMILES string of the molecule is Cc1ccc2c(c1)C(=O)N(CC(=O)N1CCN(c3ccccc3)CC1)C2=O. The normalized spacial score (nSPS) is 16.7. The zero-order chi connectivity index (χ0) is 19.0. The number of hydrogen-bond donors (Lipinski definition) is 0. The minimum Gasteiger partial charge on any atom is -0.368 e. The van der Waals surface area contributed by atoms with Crippen LogP contribution >= 0.6 is 0 Å². The van der Waals surface area contributed by atoms with Gasteiger partial charge in [-0.3, -0.25) is 19.3 Å². The molecule has 1 fully saturated rings. The number of carbonyl (C=O) groups is 3. The van der Waals surface area contributed by atoms with Crippen molar-refractivity contribution in [2.75, 3.05) is 37.6 Å². The maximum Gasteiger partial charge on any atom is 0.262 e. The summed E-state index contributed by atoms with van der Waals surface area (Å²) in [6.07, 6.45) is 0. The lowest BCUT2D eigenvalue weighted by Crippen LogP contribution is -2.51. The van der Waals surface area contributed by atoms with Crippen LogP contribution < -0.4 is 4.90 Å². The summed E-state index contributed by atoms with van der Waals surface area (Å²) in [6.45, 7) is 4.30. The summed E-state index contributed by atoms with van der Waals surface area (Å²) in [6, 6.07) is 15.3. The van der Waals surface area contributed by atoms with E-state index in [1.165, 1.54) is 0 Å². The van der Waals surface area contributed by atoms with Gasteiger partial charge in [0.05, 0.1) is 11.1 Å². The molecule has 6 nitrogen and oxygen atoms in total. The summed E-state index contributed by atoms with van der Waals surface area (Å²) in [5.74, 6) is -0.949. The molecule has 0 spiro atoms. The Labute approximate surface area is 158 Å². The Kier molecular flexibility index (Phi) is 4.39. The van der Waals surface area contributed by atoms with Crippen molar-refractivity contribution in [1.82, 2.24) is 9.80 Å². The van der Waals surface area contributed by atoms with Crippen LogP contribution in [-0.4, -0.2) is 60.2 Å². The van der Waals surface area contributed by atoms with Crippen LogP contribution in [0.2, 0.25) is 0 Å². The third kappa shape index (κ3) is 3.18. The number of piperazine rings is 1. The van der Waals surface area contributed by atoms with Crippen LogP contribution in [0.4, 0.5) is 5.69 Å². The Bertz CT molecular complexity index is 902. The Hall–Kier alpha value is -3.15. The highest BCUT2D eigenvalue weighted by molar-refractivity contribution is 6.22. The Morgan fingerprint density at radius 1 is 0.889 bits per heavy atom. The predicted molar refractivity (Wildman–Crippen MR) is 102 cm³/mol. The molecule has 2 heterocycles. The van der Waals surface area contributed by atoms with E-state index < -0.39 is 0 Å². The van der Waals surface area contributed by atoms with Gasteiger partial charge in [-0.15, -0.1) is 0 Å². The standard InChI is InChI=1S/C21H21N3O3/c1-15-7-8-17-18(13-15)21(27)24(20(17)26)14-19(25)23-11-9-22(10-12-23)16-5-3-2-4-6-16/h2-8,13H,9-12,14H2,1H3. The van der Waals surface area contributed by atoms with Crippen molar-refractivity contribution in [3.05, 3.63) is 65.2 Å². The van der Waals surface area contributed by atoms with Gasteiger partial charge < -0.3 is 9.80 Å². The van der Waals surface area contributed by atoms with Gasteiger partial charge in [0, 0.05) is 31.9 Å². The number of fused-ring (bicyclic) bond motifs is 1. The van der Waals surface area contributed by atoms with Crippen LogP contribution in [-0.2, 0) is 4.79 Å². The first-order chi connectivity index (χ1) is 13.0. The molecule has 0 aliphatic carbocycles. The number of aryl methyl sites for hydroxylation is 1. The lowest BCUT2D eigenvalue weighted by molar-refractivity contribution is -0.131. The van der Waals surface area contributed by atoms with E-state index >= 15 is 0 Å². The second kappa shape index (κ2) is 6.87. The van der Waals surface area contributed by atoms with Gasteiger partial charge in [-0.05, 0) is 31.2 Å². The van der Waals surface area contributed by atoms with Crippen molar-refractivity contribution in [1.29, 1.82) is 0 Å². The van der Waals surface area contributed by atoms with Crippen LogP contribution in [0, 0.1) is 6.92 Å². The summed E-state index contributed by atoms with van der Waals surface area (Å²) in [4.78, 5) is 42.7. The molecule has 0 radical (unpaired) electrons. The Morgan fingerprint density at radius 2 is 1.56 bits per heavy atom. The second-order valence-electron chi connectivity index (χ2n) is 6.95. The van der Waals surface area contributed by atoms with E-state index in [1.54, 1.807) is 23.1 Å². The quantitative estimate of drug-likeness (QED) is 0.782. The number of benzene rings is 2. The zero-order valence-corrected chi connectivity index (χ0v) is 15.2. The molecule has 4 rings (SSSR count). The van der Waals surface area contributed by atoms with E-state index in [9.17, 15) is 14.4 Å². The molecule has 3 amide bonds. The molecule has 27 heavy (non-hydrogen) atoms.